The number of primary amides is 1. The Kier molecular flexibility index (Phi) is 22.2. The molecule has 0 bridgehead atoms. The molecule has 2 aliphatic heterocycles. The minimum Gasteiger partial charge on any atom is -0.457 e. The van der Waals surface area contributed by atoms with E-state index < -0.39 is 57.8 Å². The number of aromatic nitrogens is 7. The van der Waals surface area contributed by atoms with Crippen LogP contribution in [0.15, 0.2) is 77.1 Å². The molecule has 8 rings (SSSR count). The molecule has 88 heavy (non-hydrogen) atoms. The molecule has 26 heteroatoms. The van der Waals surface area contributed by atoms with E-state index in [9.17, 15) is 46.8 Å². The van der Waals surface area contributed by atoms with Crippen molar-refractivity contribution in [3.05, 3.63) is 122 Å². The van der Waals surface area contributed by atoms with E-state index in [1.54, 1.807) is 52.7 Å². The quantitative estimate of drug-likeness (QED) is 0.0198. The molecule has 6 aromatic rings. The molecule has 0 aliphatic carbocycles. The minimum atomic E-state index is -3.49. The molecule has 0 saturated carbocycles. The van der Waals surface area contributed by atoms with Gasteiger partial charge in [-0.25, -0.2) is 42.4 Å². The molecule has 464 valence electrons. The van der Waals surface area contributed by atoms with E-state index in [2.05, 4.69) is 55.7 Å². The molecule has 25 nitrogen and oxygen atoms in total. The Labute approximate surface area is 507 Å². The third-order valence-electron chi connectivity index (χ3n) is 14.9. The Hall–Kier alpha value is -9.06. The number of nitrogens with zero attached hydrogens (tertiary/aromatic N) is 7. The first-order valence-corrected chi connectivity index (χ1v) is 30.9. The van der Waals surface area contributed by atoms with Crippen molar-refractivity contribution in [2.45, 2.75) is 135 Å². The number of ether oxygens (including phenoxy) is 5. The van der Waals surface area contributed by atoms with Crippen LogP contribution < -0.4 is 21.9 Å². The molecule has 4 N–H and O–H groups in total. The molecule has 2 aromatic carbocycles. The van der Waals surface area contributed by atoms with Gasteiger partial charge in [-0.2, -0.15) is 0 Å². The number of anilines is 1. The van der Waals surface area contributed by atoms with Gasteiger partial charge in [0.15, 0.2) is 11.6 Å². The highest BCUT2D eigenvalue weighted by atomic mass is 32.2. The van der Waals surface area contributed by atoms with Crippen LogP contribution in [-0.2, 0) is 102 Å². The third-order valence-corrected chi connectivity index (χ3v) is 15.8. The first-order chi connectivity index (χ1) is 42.2. The minimum absolute atomic E-state index is 0.0636. The summed E-state index contributed by atoms with van der Waals surface area (Å²) in [6.45, 7) is 5.86. The fraction of sp³-hybridized carbons (Fsp3) is 0.435. The SMILES string of the molecule is CCc1c2c(nc3ccc(C)cc13)-c1cc3c(c(=O)n1C2)COC(=O)[C@@]3(CC)OC(=O)OCc1ccc(NC(=O)[C@H](CCCNC(N)=O)CC(=O)COCC(=O)CCCOCCn2cc(CCC(=O)CCCC#Cc3cnc(S(C)(=O)=O)nc3)nn2)cc1. The zero-order valence-electron chi connectivity index (χ0n) is 49.5. The van der Waals surface area contributed by atoms with E-state index in [1.807, 2.05) is 19.1 Å². The fourth-order valence-electron chi connectivity index (χ4n) is 10.3. The Morgan fingerprint density at radius 1 is 0.898 bits per heavy atom. The summed E-state index contributed by atoms with van der Waals surface area (Å²) in [7, 11) is -3.49. The number of urea groups is 1. The number of fused-ring (bicyclic) bond motifs is 5. The number of ketones is 3. The molecule has 0 unspecified atom stereocenters. The number of carbonyl (C=O) groups excluding carboxylic acids is 7. The van der Waals surface area contributed by atoms with Crippen molar-refractivity contribution in [1.29, 1.82) is 0 Å². The number of hydrogen-bond acceptors (Lipinski definition) is 20. The molecule has 2 aliphatic rings. The normalized spacial score (nSPS) is 14.3. The van der Waals surface area contributed by atoms with Crippen LogP contribution in [0.1, 0.15) is 123 Å². The zero-order chi connectivity index (χ0) is 63.0. The number of nitrogens with one attached hydrogen (secondary N) is 2. The van der Waals surface area contributed by atoms with E-state index in [1.165, 1.54) is 12.4 Å². The standard InChI is InChI=1S/C62H70N10O15S/c1-5-48-49-28-39(3)16-23-53(49)68-55-50(48)34-72-54(55)30-52-51(57(72)77)38-85-58(78)62(52,6-2)87-61(80)86-35-40-17-19-43(20-18-40)67-56(76)42(13-10-24-64-59(63)79)29-47(75)37-84-36-46(74)15-11-26-83-27-25-71-33-44(69-70-71)21-22-45(73)14-9-7-8-12-41-31-65-60(66-32-41)88(4,81)82/h16-20,23,28,30-33,42H,5-7,9-11,13-15,21-22,24-27,29,34-38H2,1-4H3,(H,67,76)(H3,63,64,79)/t42-,62+/m1/s1. The van der Waals surface area contributed by atoms with Crippen LogP contribution in [0.4, 0.5) is 15.3 Å². The van der Waals surface area contributed by atoms with Crippen LogP contribution in [0.25, 0.3) is 22.3 Å². The maximum Gasteiger partial charge on any atom is 0.510 e. The highest BCUT2D eigenvalue weighted by Crippen LogP contribution is 2.42. The zero-order valence-corrected chi connectivity index (χ0v) is 50.3. The lowest BCUT2D eigenvalue weighted by Gasteiger charge is -2.35. The van der Waals surface area contributed by atoms with E-state index in [4.69, 9.17) is 34.4 Å². The Bertz CT molecular complexity index is 3840. The summed E-state index contributed by atoms with van der Waals surface area (Å²) in [6.07, 6.45) is 7.91. The summed E-state index contributed by atoms with van der Waals surface area (Å²) < 4.78 is 54.2. The predicted octanol–water partition coefficient (Wildman–Crippen LogP) is 5.87. The predicted molar refractivity (Wildman–Crippen MR) is 318 cm³/mol. The summed E-state index contributed by atoms with van der Waals surface area (Å²) in [5.74, 6) is 3.04. The summed E-state index contributed by atoms with van der Waals surface area (Å²) in [6, 6.07) is 13.3. The maximum atomic E-state index is 14.2. The third kappa shape index (κ3) is 16.9. The van der Waals surface area contributed by atoms with Gasteiger partial charge in [0.2, 0.25) is 26.5 Å². The Morgan fingerprint density at radius 3 is 2.40 bits per heavy atom. The van der Waals surface area contributed by atoms with Crippen LogP contribution in [0.5, 0.6) is 0 Å². The number of benzene rings is 2. The van der Waals surface area contributed by atoms with Gasteiger partial charge in [0.05, 0.1) is 53.4 Å². The van der Waals surface area contributed by atoms with Gasteiger partial charge in [0.25, 0.3) is 5.56 Å². The average molecular weight is 1230 g/mol. The van der Waals surface area contributed by atoms with E-state index in [0.717, 1.165) is 33.8 Å². The number of carbonyl (C=O) groups is 7. The van der Waals surface area contributed by atoms with E-state index in [-0.39, 0.29) is 92.1 Å². The summed E-state index contributed by atoms with van der Waals surface area (Å²) in [5.41, 5.74) is 10.2. The number of cyclic esters (lactones) is 1. The Morgan fingerprint density at radius 2 is 1.66 bits per heavy atom. The monoisotopic (exact) mass is 1230 g/mol. The molecule has 0 fully saturated rings. The largest absolute Gasteiger partial charge is 0.510 e. The molecule has 0 radical (unpaired) electrons. The van der Waals surface area contributed by atoms with Gasteiger partial charge in [-0.3, -0.25) is 24.0 Å². The number of Topliss-reactive ketones (excluding diaryl/α,β-unsaturated/α-hetero) is 3. The van der Waals surface area contributed by atoms with Crippen molar-refractivity contribution in [1.82, 2.24) is 39.8 Å². The first kappa shape index (κ1) is 64.9. The number of unbranched alkanes of at least 4 members (excludes halogenated alkanes) is 1. The molecule has 4 aromatic heterocycles. The molecule has 0 spiro atoms. The maximum absolute atomic E-state index is 14.2. The smallest absolute Gasteiger partial charge is 0.457 e. The van der Waals surface area contributed by atoms with Gasteiger partial charge in [-0.1, -0.05) is 54.7 Å². The van der Waals surface area contributed by atoms with Crippen LogP contribution in [0.2, 0.25) is 0 Å². The highest BCUT2D eigenvalue weighted by Gasteiger charge is 2.51. The molecule has 0 saturated heterocycles. The van der Waals surface area contributed by atoms with Crippen molar-refractivity contribution >= 4 is 67.8 Å². The summed E-state index contributed by atoms with van der Waals surface area (Å²) in [4.78, 5) is 117. The van der Waals surface area contributed by atoms with Crippen molar-refractivity contribution in [2.75, 3.05) is 44.5 Å². The summed E-state index contributed by atoms with van der Waals surface area (Å²) in [5, 5.41) is 14.2. The molecule has 2 atom stereocenters. The molecule has 6 heterocycles. The number of hydrogen-bond donors (Lipinski definition) is 3. The van der Waals surface area contributed by atoms with Crippen molar-refractivity contribution in [2.24, 2.45) is 11.7 Å². The molecular formula is C62H70N10O15S. The molecular weight excluding hydrogens is 1160 g/mol. The van der Waals surface area contributed by atoms with Gasteiger partial charge in [0, 0.05) is 98.2 Å². The lowest BCUT2D eigenvalue weighted by atomic mass is 9.85. The van der Waals surface area contributed by atoms with Gasteiger partial charge in [-0.15, -0.1) is 5.10 Å². The number of aryl methyl sites for hydroxylation is 3. The highest BCUT2D eigenvalue weighted by molar-refractivity contribution is 7.90. The van der Waals surface area contributed by atoms with Crippen LogP contribution in [-0.4, -0.2) is 124 Å². The fourth-order valence-corrected chi connectivity index (χ4v) is 10.8. The number of esters is 1. The topological polar surface area (TPSA) is 341 Å². The summed E-state index contributed by atoms with van der Waals surface area (Å²) >= 11 is 0. The second-order valence-corrected chi connectivity index (χ2v) is 23.4. The number of pyridine rings is 2. The second-order valence-electron chi connectivity index (χ2n) is 21.5. The van der Waals surface area contributed by atoms with Gasteiger partial charge < -0.3 is 44.6 Å². The number of sulfone groups is 1. The van der Waals surface area contributed by atoms with Gasteiger partial charge in [0.1, 0.15) is 32.2 Å². The number of rotatable bonds is 31. The molecule has 3 amide bonds. The van der Waals surface area contributed by atoms with Crippen molar-refractivity contribution in [3.8, 4) is 23.2 Å². The van der Waals surface area contributed by atoms with E-state index in [0.29, 0.717) is 105 Å². The van der Waals surface area contributed by atoms with Crippen LogP contribution in [0.3, 0.4) is 0 Å². The van der Waals surface area contributed by atoms with Crippen LogP contribution >= 0.6 is 0 Å². The number of nitrogens with two attached hydrogens (primary N) is 1. The van der Waals surface area contributed by atoms with Crippen LogP contribution in [0, 0.1) is 24.7 Å². The lowest BCUT2D eigenvalue weighted by Crippen LogP contribution is -2.47. The van der Waals surface area contributed by atoms with Crippen molar-refractivity contribution < 1.29 is 65.7 Å². The number of amides is 3. The second kappa shape index (κ2) is 30.0. The van der Waals surface area contributed by atoms with E-state index >= 15 is 0 Å². The van der Waals surface area contributed by atoms with Crippen molar-refractivity contribution in [3.63, 3.8) is 0 Å². The van der Waals surface area contributed by atoms with Gasteiger partial charge in [-0.05, 0) is 93.3 Å². The lowest BCUT2D eigenvalue weighted by molar-refractivity contribution is -0.175. The first-order valence-electron chi connectivity index (χ1n) is 29.0. The van der Waals surface area contributed by atoms with Gasteiger partial charge >= 0.3 is 18.2 Å². The average Bonchev–Trinajstić information content (AvgIpc) is 1.46. The Balaban J connectivity index is 0.734.